The number of carbonyl (C=O) groups is 3. The van der Waals surface area contributed by atoms with Gasteiger partial charge in [-0.1, -0.05) is 56.9 Å². The van der Waals surface area contributed by atoms with Crippen LogP contribution < -0.4 is 0 Å². The molecule has 0 amide bonds. The maximum atomic E-state index is 14.0. The largest absolute Gasteiger partial charge is 0.469 e. The van der Waals surface area contributed by atoms with Crippen molar-refractivity contribution in [2.45, 2.75) is 144 Å². The molecule has 58 heavy (non-hydrogen) atoms. The van der Waals surface area contributed by atoms with Gasteiger partial charge in [0.1, 0.15) is 23.3 Å². The zero-order valence-corrected chi connectivity index (χ0v) is 37.7. The number of ether oxygens (including phenoxy) is 3. The molecule has 1 heterocycles. The summed E-state index contributed by atoms with van der Waals surface area (Å²) in [6, 6.07) is -1.84. The van der Waals surface area contributed by atoms with Crippen LogP contribution in [0.1, 0.15) is 109 Å². The fraction of sp³-hybridized carbons (Fsp3) is 0.923. The van der Waals surface area contributed by atoms with Crippen LogP contribution in [0.25, 0.3) is 31.3 Å². The smallest absolute Gasteiger partial charge is 0.324 e. The molecule has 0 saturated carbocycles. The second kappa shape index (κ2) is 24.3. The highest BCUT2D eigenvalue weighted by Crippen LogP contribution is 2.31. The minimum absolute atomic E-state index is 0.0165. The first-order chi connectivity index (χ1) is 26.9. The van der Waals surface area contributed by atoms with E-state index in [4.69, 9.17) is 30.8 Å². The number of hydrogen-bond acceptors (Lipinski definition) is 13. The van der Waals surface area contributed by atoms with Crippen molar-refractivity contribution in [2.75, 3.05) is 79.1 Å². The molecule has 0 spiro atoms. The normalized spacial score (nSPS) is 18.4. The van der Waals surface area contributed by atoms with E-state index in [2.05, 4.69) is 81.4 Å². The Kier molecular flexibility index (Phi) is 21.9. The highest BCUT2D eigenvalue weighted by Gasteiger charge is 2.39. The SMILES string of the molecule is COC(=O)C[C@H](C(=O)OC(C)(C)C)N1CCN([C@H](CCN=[N+]=[N-])C(=O)OC(C)(C)C)CCN([C@H](CCN=[N+]=[N-])C(C)(C)C)CCN([C@H](CCN=[N+]=[N-])C(C)(C)C)CC1. The first-order valence-electron chi connectivity index (χ1n) is 20.4. The molecule has 0 aromatic heterocycles. The lowest BCUT2D eigenvalue weighted by Gasteiger charge is -2.46. The number of carbonyl (C=O) groups excluding carboxylic acids is 3. The van der Waals surface area contributed by atoms with E-state index >= 15 is 0 Å². The third-order valence-corrected chi connectivity index (χ3v) is 10.1. The summed E-state index contributed by atoms with van der Waals surface area (Å²) >= 11 is 0. The molecular weight excluding hydrogens is 747 g/mol. The Balaban J connectivity index is 4.09. The second-order valence-electron chi connectivity index (χ2n) is 19.0. The third kappa shape index (κ3) is 19.8. The molecule has 19 heteroatoms. The van der Waals surface area contributed by atoms with E-state index < -0.39 is 41.2 Å². The minimum Gasteiger partial charge on any atom is -0.469 e. The van der Waals surface area contributed by atoms with E-state index in [-0.39, 0.29) is 55.4 Å². The van der Waals surface area contributed by atoms with Crippen molar-refractivity contribution < 1.29 is 28.6 Å². The van der Waals surface area contributed by atoms with Gasteiger partial charge in [0, 0.05) is 98.8 Å². The topological polar surface area (TPSA) is 238 Å². The molecule has 19 nitrogen and oxygen atoms in total. The molecule has 0 aromatic rings. The first kappa shape index (κ1) is 52.2. The van der Waals surface area contributed by atoms with Crippen LogP contribution in [-0.4, -0.2) is 152 Å². The van der Waals surface area contributed by atoms with E-state index in [1.54, 1.807) is 41.5 Å². The average molecular weight is 820 g/mol. The van der Waals surface area contributed by atoms with E-state index in [1.165, 1.54) is 7.11 Å². The lowest BCUT2D eigenvalue weighted by Crippen LogP contribution is -2.58. The summed E-state index contributed by atoms with van der Waals surface area (Å²) in [5, 5.41) is 11.5. The lowest BCUT2D eigenvalue weighted by molar-refractivity contribution is -0.166. The number of azide groups is 3. The Labute approximate surface area is 346 Å². The van der Waals surface area contributed by atoms with Crippen molar-refractivity contribution in [1.82, 2.24) is 19.6 Å². The third-order valence-electron chi connectivity index (χ3n) is 10.1. The second-order valence-corrected chi connectivity index (χ2v) is 19.0. The molecule has 1 fully saturated rings. The van der Waals surface area contributed by atoms with Crippen molar-refractivity contribution >= 4 is 17.9 Å². The molecule has 4 atom stereocenters. The van der Waals surface area contributed by atoms with Crippen LogP contribution in [-0.2, 0) is 28.6 Å². The van der Waals surface area contributed by atoms with Crippen LogP contribution in [0.2, 0.25) is 0 Å². The number of hydrogen-bond donors (Lipinski definition) is 0. The number of methoxy groups -OCH3 is 1. The molecule has 0 radical (unpaired) electrons. The summed E-state index contributed by atoms with van der Waals surface area (Å²) in [4.78, 5) is 58.7. The van der Waals surface area contributed by atoms with E-state index in [0.29, 0.717) is 65.2 Å². The van der Waals surface area contributed by atoms with Gasteiger partial charge in [0.05, 0.1) is 13.5 Å². The monoisotopic (exact) mass is 820 g/mol. The van der Waals surface area contributed by atoms with Gasteiger partial charge in [-0.3, -0.25) is 34.0 Å². The molecule has 1 rings (SSSR count). The fourth-order valence-corrected chi connectivity index (χ4v) is 7.51. The van der Waals surface area contributed by atoms with Crippen molar-refractivity contribution in [3.8, 4) is 0 Å². The van der Waals surface area contributed by atoms with Crippen LogP contribution in [0.4, 0.5) is 0 Å². The summed E-state index contributed by atoms with van der Waals surface area (Å²) in [5.41, 5.74) is 25.4. The predicted octanol–water partition coefficient (Wildman–Crippen LogP) is 7.12. The van der Waals surface area contributed by atoms with Crippen LogP contribution in [0.3, 0.4) is 0 Å². The van der Waals surface area contributed by atoms with Gasteiger partial charge in [-0.15, -0.1) is 0 Å². The number of rotatable bonds is 17. The zero-order valence-electron chi connectivity index (χ0n) is 37.7. The highest BCUT2D eigenvalue weighted by atomic mass is 16.6. The molecular formula is C39H73N13O6. The number of esters is 3. The Bertz CT molecular complexity index is 1450. The predicted molar refractivity (Wildman–Crippen MR) is 225 cm³/mol. The van der Waals surface area contributed by atoms with Gasteiger partial charge >= 0.3 is 17.9 Å². The standard InChI is InChI=1S/C39H73N13O6/c1-36(2,3)31(15-18-44-47-41)51-24-22-49(29(14-17-43-46-40)34(54)57-38(7,8)9)20-21-50(30(28-33(53)56-13)35(55)58-39(10,11)12)23-25-52(27-26-51)32(37(4,5)6)16-19-45-48-42/h29-32H,14-28H2,1-13H3/t29-,30-,31-,32-/m1/s1. The maximum absolute atomic E-state index is 14.0. The molecule has 1 saturated heterocycles. The van der Waals surface area contributed by atoms with E-state index in [9.17, 15) is 14.4 Å². The van der Waals surface area contributed by atoms with Gasteiger partial charge in [-0.05, 0) is 88.2 Å². The van der Waals surface area contributed by atoms with Crippen LogP contribution in [0.5, 0.6) is 0 Å². The van der Waals surface area contributed by atoms with Crippen LogP contribution in [0, 0.1) is 10.8 Å². The first-order valence-corrected chi connectivity index (χ1v) is 20.4. The van der Waals surface area contributed by atoms with Crippen molar-refractivity contribution in [2.24, 2.45) is 26.2 Å². The Morgan fingerprint density at radius 1 is 0.534 bits per heavy atom. The van der Waals surface area contributed by atoms with Gasteiger partial charge in [-0.2, -0.15) is 0 Å². The van der Waals surface area contributed by atoms with Gasteiger partial charge in [0.25, 0.3) is 0 Å². The molecule has 0 N–H and O–H groups in total. The van der Waals surface area contributed by atoms with E-state index in [1.807, 2.05) is 9.80 Å². The van der Waals surface area contributed by atoms with Gasteiger partial charge in [0.15, 0.2) is 0 Å². The maximum Gasteiger partial charge on any atom is 0.324 e. The van der Waals surface area contributed by atoms with Gasteiger partial charge in [-0.25, -0.2) is 0 Å². The molecule has 0 aliphatic carbocycles. The molecule has 1 aliphatic rings. The molecule has 330 valence electrons. The lowest BCUT2D eigenvalue weighted by atomic mass is 9.82. The minimum atomic E-state index is -1.000. The Morgan fingerprint density at radius 3 is 1.16 bits per heavy atom. The summed E-state index contributed by atoms with van der Waals surface area (Å²) in [6.07, 6.45) is 1.16. The van der Waals surface area contributed by atoms with Crippen LogP contribution >= 0.6 is 0 Å². The molecule has 0 unspecified atom stereocenters. The summed E-state index contributed by atoms with van der Waals surface area (Å²) in [5.74, 6) is -1.59. The quantitative estimate of drug-likeness (QED) is 0.0473. The molecule has 1 aliphatic heterocycles. The fourth-order valence-electron chi connectivity index (χ4n) is 7.51. The van der Waals surface area contributed by atoms with Gasteiger partial charge < -0.3 is 14.2 Å². The van der Waals surface area contributed by atoms with Crippen molar-refractivity contribution in [1.29, 1.82) is 0 Å². The number of nitrogens with zero attached hydrogens (tertiary/aromatic N) is 13. The summed E-state index contributed by atoms with van der Waals surface area (Å²) < 4.78 is 16.9. The average Bonchev–Trinajstić information content (AvgIpc) is 3.08. The molecule has 0 aromatic carbocycles. The Morgan fingerprint density at radius 2 is 0.845 bits per heavy atom. The molecule has 0 bridgehead atoms. The summed E-state index contributed by atoms with van der Waals surface area (Å²) in [6.45, 7) is 27.8. The van der Waals surface area contributed by atoms with Crippen LogP contribution in [0.15, 0.2) is 15.3 Å². The van der Waals surface area contributed by atoms with E-state index in [0.717, 1.165) is 0 Å². The van der Waals surface area contributed by atoms with Gasteiger partial charge in [0.2, 0.25) is 0 Å². The van der Waals surface area contributed by atoms with Crippen molar-refractivity contribution in [3.63, 3.8) is 0 Å². The summed E-state index contributed by atoms with van der Waals surface area (Å²) in [7, 11) is 1.28. The van der Waals surface area contributed by atoms with Crippen molar-refractivity contribution in [3.05, 3.63) is 31.3 Å². The Hall–Kier alpha value is -3.82. The zero-order chi connectivity index (χ0) is 44.3. The highest BCUT2D eigenvalue weighted by molar-refractivity contribution is 5.83.